The number of amides is 1. The molecule has 1 amide bonds. The molecule has 0 aliphatic carbocycles. The van der Waals surface area contributed by atoms with Gasteiger partial charge in [-0.1, -0.05) is 70.6 Å². The Hall–Kier alpha value is -1.87. The highest BCUT2D eigenvalue weighted by Gasteiger charge is 2.35. The van der Waals surface area contributed by atoms with Gasteiger partial charge in [-0.15, -0.1) is 10.2 Å². The van der Waals surface area contributed by atoms with Crippen molar-refractivity contribution in [1.29, 1.82) is 0 Å². The van der Waals surface area contributed by atoms with E-state index in [1.165, 1.54) is 17.3 Å². The predicted molar refractivity (Wildman–Crippen MR) is 134 cm³/mol. The fourth-order valence-corrected chi connectivity index (χ4v) is 6.71. The summed E-state index contributed by atoms with van der Waals surface area (Å²) in [4.78, 5) is 14.9. The molecule has 1 unspecified atom stereocenters. The van der Waals surface area contributed by atoms with Crippen molar-refractivity contribution >= 4 is 27.5 Å². The van der Waals surface area contributed by atoms with Crippen LogP contribution in [0.1, 0.15) is 53.5 Å². The molecule has 0 N–H and O–H groups in total. The lowest BCUT2D eigenvalue weighted by Gasteiger charge is -2.29. The van der Waals surface area contributed by atoms with E-state index in [0.29, 0.717) is 24.7 Å². The Labute approximate surface area is 202 Å². The smallest absolute Gasteiger partial charge is 0.233 e. The van der Waals surface area contributed by atoms with Gasteiger partial charge >= 0.3 is 0 Å². The van der Waals surface area contributed by atoms with Gasteiger partial charge in [-0.2, -0.15) is 0 Å². The van der Waals surface area contributed by atoms with E-state index in [1.807, 2.05) is 25.3 Å². The maximum atomic E-state index is 13.1. The first-order valence-corrected chi connectivity index (χ1v) is 14.4. The van der Waals surface area contributed by atoms with Crippen LogP contribution >= 0.6 is 11.8 Å². The summed E-state index contributed by atoms with van der Waals surface area (Å²) in [6, 6.07) is 8.16. The van der Waals surface area contributed by atoms with Crippen LogP contribution < -0.4 is 0 Å². The van der Waals surface area contributed by atoms with E-state index in [-0.39, 0.29) is 40.5 Å². The second-order valence-corrected chi connectivity index (χ2v) is 13.3. The molecule has 2 heterocycles. The van der Waals surface area contributed by atoms with Gasteiger partial charge in [0.25, 0.3) is 0 Å². The summed E-state index contributed by atoms with van der Waals surface area (Å²) in [5.41, 5.74) is 2.33. The normalized spacial score (nSPS) is 18.1. The predicted octanol–water partition coefficient (Wildman–Crippen LogP) is 4.03. The Morgan fingerprint density at radius 3 is 2.39 bits per heavy atom. The number of aromatic nitrogens is 3. The molecule has 33 heavy (non-hydrogen) atoms. The first-order valence-electron chi connectivity index (χ1n) is 11.6. The van der Waals surface area contributed by atoms with Crippen LogP contribution in [0.3, 0.4) is 0 Å². The van der Waals surface area contributed by atoms with Crippen LogP contribution in [-0.4, -0.2) is 63.8 Å². The molecule has 7 nitrogen and oxygen atoms in total. The van der Waals surface area contributed by atoms with Gasteiger partial charge in [0.15, 0.2) is 20.8 Å². The third kappa shape index (κ3) is 6.38. The minimum absolute atomic E-state index is 0.0440. The number of benzene rings is 1. The second kappa shape index (κ2) is 10.2. The van der Waals surface area contributed by atoms with Crippen LogP contribution in [0.2, 0.25) is 0 Å². The van der Waals surface area contributed by atoms with Crippen molar-refractivity contribution in [2.24, 2.45) is 5.92 Å². The van der Waals surface area contributed by atoms with E-state index in [0.717, 1.165) is 11.4 Å². The van der Waals surface area contributed by atoms with Crippen molar-refractivity contribution < 1.29 is 13.2 Å². The lowest BCUT2D eigenvalue weighted by atomic mass is 9.87. The summed E-state index contributed by atoms with van der Waals surface area (Å²) < 4.78 is 26.0. The maximum absolute atomic E-state index is 13.1. The number of thioether (sulfide) groups is 1. The molecule has 0 bridgehead atoms. The molecule has 2 aromatic rings. The quantitative estimate of drug-likeness (QED) is 0.517. The number of hydrogen-bond donors (Lipinski definition) is 0. The van der Waals surface area contributed by atoms with Gasteiger partial charge in [0.1, 0.15) is 0 Å². The Morgan fingerprint density at radius 1 is 1.21 bits per heavy atom. The molecule has 0 saturated carbocycles. The topological polar surface area (TPSA) is 85.2 Å². The third-order valence-corrected chi connectivity index (χ3v) is 8.60. The fraction of sp³-hybridized carbons (Fsp3) is 0.625. The molecule has 9 heteroatoms. The van der Waals surface area contributed by atoms with Crippen LogP contribution in [0.4, 0.5) is 0 Å². The van der Waals surface area contributed by atoms with E-state index in [4.69, 9.17) is 0 Å². The van der Waals surface area contributed by atoms with Gasteiger partial charge in [-0.25, -0.2) is 8.42 Å². The largest absolute Gasteiger partial charge is 0.338 e. The molecular formula is C24H36N4O3S2. The van der Waals surface area contributed by atoms with Crippen molar-refractivity contribution in [3.8, 4) is 11.4 Å². The summed E-state index contributed by atoms with van der Waals surface area (Å²) in [5.74, 6) is 1.45. The molecule has 1 fully saturated rings. The van der Waals surface area contributed by atoms with Gasteiger partial charge in [0, 0.05) is 24.7 Å². The molecule has 0 spiro atoms. The summed E-state index contributed by atoms with van der Waals surface area (Å²) in [6.45, 7) is 13.9. The van der Waals surface area contributed by atoms with Crippen LogP contribution in [0.25, 0.3) is 11.4 Å². The van der Waals surface area contributed by atoms with Gasteiger partial charge in [0.2, 0.25) is 5.91 Å². The first kappa shape index (κ1) is 25.7. The number of rotatable bonds is 8. The Balaban J connectivity index is 1.74. The number of hydrogen-bond acceptors (Lipinski definition) is 6. The average molecular weight is 493 g/mol. The van der Waals surface area contributed by atoms with E-state index in [2.05, 4.69) is 55.2 Å². The molecule has 1 aliphatic rings. The van der Waals surface area contributed by atoms with E-state index in [1.54, 1.807) is 4.90 Å². The van der Waals surface area contributed by atoms with Crippen LogP contribution in [-0.2, 0) is 26.6 Å². The highest BCUT2D eigenvalue weighted by atomic mass is 32.2. The first-order chi connectivity index (χ1) is 15.4. The number of carbonyl (C=O) groups excluding carboxylic acids is 1. The van der Waals surface area contributed by atoms with E-state index < -0.39 is 9.84 Å². The molecular weight excluding hydrogens is 456 g/mol. The standard InChI is InChI=1S/C24H36N4O3S2/c1-7-27-22(18-8-10-19(11-9-18)24(4,5)6)25-26-23(27)32-15-21(29)28(14-17(2)3)20-12-13-33(30,31)16-20/h8-11,17,20H,7,12-16H2,1-6H3. The zero-order valence-corrected chi connectivity index (χ0v) is 22.2. The highest BCUT2D eigenvalue weighted by Crippen LogP contribution is 2.28. The zero-order valence-electron chi connectivity index (χ0n) is 20.5. The van der Waals surface area contributed by atoms with Gasteiger partial charge in [-0.05, 0) is 30.2 Å². The lowest BCUT2D eigenvalue weighted by molar-refractivity contribution is -0.130. The van der Waals surface area contributed by atoms with Gasteiger partial charge in [0.05, 0.1) is 17.3 Å². The number of nitrogens with zero attached hydrogens (tertiary/aromatic N) is 4. The molecule has 1 aromatic heterocycles. The molecule has 0 radical (unpaired) electrons. The van der Waals surface area contributed by atoms with Crippen molar-refractivity contribution in [3.05, 3.63) is 29.8 Å². The van der Waals surface area contributed by atoms with Crippen molar-refractivity contribution in [1.82, 2.24) is 19.7 Å². The highest BCUT2D eigenvalue weighted by molar-refractivity contribution is 7.99. The van der Waals surface area contributed by atoms with E-state index >= 15 is 0 Å². The Bertz CT molecular complexity index is 1070. The summed E-state index contributed by atoms with van der Waals surface area (Å²) in [5, 5.41) is 9.46. The molecule has 182 valence electrons. The minimum Gasteiger partial charge on any atom is -0.338 e. The Kier molecular flexibility index (Phi) is 7.94. The van der Waals surface area contributed by atoms with Crippen molar-refractivity contribution in [3.63, 3.8) is 0 Å². The molecule has 1 aromatic carbocycles. The van der Waals surface area contributed by atoms with E-state index in [9.17, 15) is 13.2 Å². The lowest BCUT2D eigenvalue weighted by Crippen LogP contribution is -2.44. The Morgan fingerprint density at radius 2 is 1.88 bits per heavy atom. The molecule has 1 aliphatic heterocycles. The monoisotopic (exact) mass is 492 g/mol. The van der Waals surface area contributed by atoms with Crippen LogP contribution in [0, 0.1) is 5.92 Å². The summed E-state index contributed by atoms with van der Waals surface area (Å²) in [7, 11) is -3.05. The third-order valence-electron chi connectivity index (χ3n) is 5.90. The summed E-state index contributed by atoms with van der Waals surface area (Å²) in [6.07, 6.45) is 0.519. The fourth-order valence-electron chi connectivity index (χ4n) is 4.09. The van der Waals surface area contributed by atoms with Crippen molar-refractivity contribution in [2.45, 2.75) is 71.1 Å². The molecule has 3 rings (SSSR count). The van der Waals surface area contributed by atoms with Gasteiger partial charge in [-0.3, -0.25) is 4.79 Å². The maximum Gasteiger partial charge on any atom is 0.233 e. The molecule has 1 atom stereocenters. The van der Waals surface area contributed by atoms with Gasteiger partial charge < -0.3 is 9.47 Å². The summed E-state index contributed by atoms with van der Waals surface area (Å²) >= 11 is 1.37. The molecule has 1 saturated heterocycles. The SMILES string of the molecule is CCn1c(SCC(=O)N(CC(C)C)C2CCS(=O)(=O)C2)nnc1-c1ccc(C(C)(C)C)cc1. The second-order valence-electron chi connectivity index (χ2n) is 10.2. The number of sulfone groups is 1. The van der Waals surface area contributed by atoms with Crippen LogP contribution in [0.15, 0.2) is 29.4 Å². The number of carbonyl (C=O) groups is 1. The zero-order chi connectivity index (χ0) is 24.4. The van der Waals surface area contributed by atoms with Crippen molar-refractivity contribution in [2.75, 3.05) is 23.8 Å². The minimum atomic E-state index is -3.05. The average Bonchev–Trinajstić information content (AvgIpc) is 3.31. The van der Waals surface area contributed by atoms with Crippen LogP contribution in [0.5, 0.6) is 0 Å².